The van der Waals surface area contributed by atoms with Gasteiger partial charge in [-0.05, 0) is 19.4 Å². The minimum Gasteiger partial charge on any atom is -0.389 e. The number of aromatic nitrogens is 2. The van der Waals surface area contributed by atoms with E-state index >= 15 is 0 Å². The Morgan fingerprint density at radius 2 is 2.50 bits per heavy atom. The molecule has 6 heteroatoms. The molecule has 1 aromatic rings. The summed E-state index contributed by atoms with van der Waals surface area (Å²) < 4.78 is 5.46. The fourth-order valence-electron chi connectivity index (χ4n) is 1.73. The van der Waals surface area contributed by atoms with Crippen LogP contribution in [0.2, 0.25) is 0 Å². The van der Waals surface area contributed by atoms with E-state index in [1.54, 1.807) is 12.3 Å². The summed E-state index contributed by atoms with van der Waals surface area (Å²) in [5, 5.41) is 11.1. The first kappa shape index (κ1) is 11.2. The predicted molar refractivity (Wildman–Crippen MR) is 65.4 cm³/mol. The molecule has 3 N–H and O–H groups in total. The Bertz CT molecular complexity index is 398. The Balaban J connectivity index is 2.17. The normalized spacial score (nSPS) is 24.3. The van der Waals surface area contributed by atoms with Crippen LogP contribution in [0.3, 0.4) is 0 Å². The summed E-state index contributed by atoms with van der Waals surface area (Å²) >= 11 is 4.96. The van der Waals surface area contributed by atoms with Crippen LogP contribution >= 0.6 is 12.2 Å². The molecule has 0 aliphatic carbocycles. The molecule has 0 spiro atoms. The van der Waals surface area contributed by atoms with E-state index in [4.69, 9.17) is 22.7 Å². The van der Waals surface area contributed by atoms with Gasteiger partial charge in [0.2, 0.25) is 0 Å². The molecule has 0 aromatic carbocycles. The van der Waals surface area contributed by atoms with Crippen molar-refractivity contribution in [3.05, 3.63) is 17.8 Å². The van der Waals surface area contributed by atoms with Crippen molar-refractivity contribution in [1.82, 2.24) is 10.2 Å². The molecule has 1 aromatic heterocycles. The number of nitrogens with zero attached hydrogens (tertiary/aromatic N) is 2. The molecule has 1 saturated heterocycles. The van der Waals surface area contributed by atoms with Crippen LogP contribution in [0.1, 0.15) is 18.9 Å². The Morgan fingerprint density at radius 1 is 1.69 bits per heavy atom. The van der Waals surface area contributed by atoms with E-state index < -0.39 is 0 Å². The first-order chi connectivity index (χ1) is 7.68. The van der Waals surface area contributed by atoms with Gasteiger partial charge >= 0.3 is 0 Å². The number of anilines is 1. The highest BCUT2D eigenvalue weighted by Gasteiger charge is 2.25. The van der Waals surface area contributed by atoms with Crippen molar-refractivity contribution in [1.29, 1.82) is 0 Å². The maximum Gasteiger partial charge on any atom is 0.159 e. The fraction of sp³-hybridized carbons (Fsp3) is 0.500. The van der Waals surface area contributed by atoms with Gasteiger partial charge in [0.25, 0.3) is 0 Å². The van der Waals surface area contributed by atoms with Gasteiger partial charge in [0.05, 0.1) is 23.9 Å². The second kappa shape index (κ2) is 4.71. The summed E-state index contributed by atoms with van der Waals surface area (Å²) in [5.41, 5.74) is 6.34. The van der Waals surface area contributed by atoms with E-state index in [2.05, 4.69) is 15.5 Å². The average Bonchev–Trinajstić information content (AvgIpc) is 2.65. The third-order valence-corrected chi connectivity index (χ3v) is 2.90. The largest absolute Gasteiger partial charge is 0.389 e. The third-order valence-electron chi connectivity index (χ3n) is 2.68. The van der Waals surface area contributed by atoms with Crippen molar-refractivity contribution in [2.75, 3.05) is 11.9 Å². The molecule has 0 amide bonds. The third kappa shape index (κ3) is 2.28. The summed E-state index contributed by atoms with van der Waals surface area (Å²) in [6.07, 6.45) is 2.70. The van der Waals surface area contributed by atoms with Crippen LogP contribution in [0.4, 0.5) is 5.82 Å². The highest BCUT2D eigenvalue weighted by atomic mass is 32.1. The van der Waals surface area contributed by atoms with Crippen molar-refractivity contribution >= 4 is 23.0 Å². The molecule has 2 heterocycles. The monoisotopic (exact) mass is 238 g/mol. The molecule has 0 bridgehead atoms. The lowest BCUT2D eigenvalue weighted by atomic mass is 10.1. The quantitative estimate of drug-likeness (QED) is 0.755. The molecule has 1 aliphatic heterocycles. The SMILES string of the molecule is CC1OCCC1Nc1nnccc1C(N)=S. The number of ether oxygens (including phenoxy) is 1. The molecule has 86 valence electrons. The Kier molecular flexibility index (Phi) is 3.31. The average molecular weight is 238 g/mol. The molecule has 0 radical (unpaired) electrons. The van der Waals surface area contributed by atoms with Crippen LogP contribution in [-0.2, 0) is 4.74 Å². The second-order valence-electron chi connectivity index (χ2n) is 3.77. The standard InChI is InChI=1S/C10H14N4OS/c1-6-8(3-5-15-6)13-10-7(9(11)16)2-4-12-14-10/h2,4,6,8H,3,5H2,1H3,(H2,11,16)(H,13,14). The zero-order valence-corrected chi connectivity index (χ0v) is 9.83. The Hall–Kier alpha value is -1.27. The lowest BCUT2D eigenvalue weighted by Gasteiger charge is -2.17. The van der Waals surface area contributed by atoms with Gasteiger partial charge in [0.1, 0.15) is 4.99 Å². The van der Waals surface area contributed by atoms with Crippen LogP contribution in [-0.4, -0.2) is 33.9 Å². The van der Waals surface area contributed by atoms with Gasteiger partial charge in [0, 0.05) is 6.61 Å². The summed E-state index contributed by atoms with van der Waals surface area (Å²) in [6.45, 7) is 2.79. The van der Waals surface area contributed by atoms with Crippen molar-refractivity contribution in [3.63, 3.8) is 0 Å². The predicted octanol–water partition coefficient (Wildman–Crippen LogP) is 0.700. The Labute approximate surface area is 99.4 Å². The zero-order chi connectivity index (χ0) is 11.5. The van der Waals surface area contributed by atoms with Crippen molar-refractivity contribution in [3.8, 4) is 0 Å². The number of thiocarbonyl (C=S) groups is 1. The zero-order valence-electron chi connectivity index (χ0n) is 9.01. The molecule has 1 fully saturated rings. The van der Waals surface area contributed by atoms with E-state index in [0.29, 0.717) is 10.8 Å². The lowest BCUT2D eigenvalue weighted by molar-refractivity contribution is 0.121. The molecule has 0 saturated carbocycles. The first-order valence-corrected chi connectivity index (χ1v) is 5.59. The molecule has 2 unspecified atom stereocenters. The van der Waals surface area contributed by atoms with Crippen LogP contribution in [0.5, 0.6) is 0 Å². The highest BCUT2D eigenvalue weighted by molar-refractivity contribution is 7.80. The fourth-order valence-corrected chi connectivity index (χ4v) is 1.90. The molecule has 1 aliphatic rings. The van der Waals surface area contributed by atoms with Crippen molar-refractivity contribution < 1.29 is 4.74 Å². The van der Waals surface area contributed by atoms with Gasteiger partial charge in [-0.15, -0.1) is 5.10 Å². The molecule has 2 atom stereocenters. The number of hydrogen-bond acceptors (Lipinski definition) is 5. The van der Waals surface area contributed by atoms with E-state index in [9.17, 15) is 0 Å². The van der Waals surface area contributed by atoms with Gasteiger partial charge in [0.15, 0.2) is 5.82 Å². The summed E-state index contributed by atoms with van der Waals surface area (Å²) in [7, 11) is 0. The molecular weight excluding hydrogens is 224 g/mol. The highest BCUT2D eigenvalue weighted by Crippen LogP contribution is 2.19. The smallest absolute Gasteiger partial charge is 0.159 e. The van der Waals surface area contributed by atoms with E-state index in [-0.39, 0.29) is 12.1 Å². The van der Waals surface area contributed by atoms with Crippen molar-refractivity contribution in [2.24, 2.45) is 5.73 Å². The van der Waals surface area contributed by atoms with Gasteiger partial charge in [-0.1, -0.05) is 12.2 Å². The number of rotatable bonds is 3. The first-order valence-electron chi connectivity index (χ1n) is 5.18. The van der Waals surface area contributed by atoms with Crippen LogP contribution in [0, 0.1) is 0 Å². The number of nitrogens with two attached hydrogens (primary N) is 1. The van der Waals surface area contributed by atoms with Gasteiger partial charge in [-0.2, -0.15) is 5.10 Å². The minimum absolute atomic E-state index is 0.168. The molecule has 2 rings (SSSR count). The van der Waals surface area contributed by atoms with Crippen LogP contribution in [0.15, 0.2) is 12.3 Å². The Morgan fingerprint density at radius 3 is 3.12 bits per heavy atom. The lowest BCUT2D eigenvalue weighted by Crippen LogP contribution is -2.28. The maximum atomic E-state index is 5.62. The summed E-state index contributed by atoms with van der Waals surface area (Å²) in [4.78, 5) is 0.323. The van der Waals surface area contributed by atoms with E-state index in [0.717, 1.165) is 18.6 Å². The minimum atomic E-state index is 0.168. The number of hydrogen-bond donors (Lipinski definition) is 2. The van der Waals surface area contributed by atoms with E-state index in [1.165, 1.54) is 0 Å². The second-order valence-corrected chi connectivity index (χ2v) is 4.21. The van der Waals surface area contributed by atoms with Gasteiger partial charge in [-0.3, -0.25) is 0 Å². The molecule has 16 heavy (non-hydrogen) atoms. The number of nitrogens with one attached hydrogen (secondary N) is 1. The van der Waals surface area contributed by atoms with Gasteiger partial charge < -0.3 is 15.8 Å². The summed E-state index contributed by atoms with van der Waals surface area (Å²) in [5.74, 6) is 0.636. The van der Waals surface area contributed by atoms with Crippen LogP contribution in [0.25, 0.3) is 0 Å². The van der Waals surface area contributed by atoms with Crippen LogP contribution < -0.4 is 11.1 Å². The summed E-state index contributed by atoms with van der Waals surface area (Å²) in [6, 6.07) is 2.00. The van der Waals surface area contributed by atoms with Gasteiger partial charge in [-0.25, -0.2) is 0 Å². The van der Waals surface area contributed by atoms with E-state index in [1.807, 2.05) is 6.92 Å². The molecular formula is C10H14N4OS. The molecule has 5 nitrogen and oxygen atoms in total. The van der Waals surface area contributed by atoms with Crippen molar-refractivity contribution in [2.45, 2.75) is 25.5 Å². The topological polar surface area (TPSA) is 73.1 Å². The maximum absolute atomic E-state index is 5.62.